The largest absolute Gasteiger partial charge is 0.331 e. The van der Waals surface area contributed by atoms with E-state index in [1.165, 1.54) is 4.90 Å². The maximum atomic E-state index is 12.6. The van der Waals surface area contributed by atoms with E-state index < -0.39 is 0 Å². The van der Waals surface area contributed by atoms with Crippen molar-refractivity contribution in [2.24, 2.45) is 0 Å². The molecular weight excluding hydrogens is 276 g/mol. The average molecular weight is 292 g/mol. The van der Waals surface area contributed by atoms with Crippen LogP contribution in [0.1, 0.15) is 0 Å². The summed E-state index contributed by atoms with van der Waals surface area (Å²) < 4.78 is 1.55. The molecule has 0 atom stereocenters. The normalized spacial score (nSPS) is 10.5. The molecular formula is C17H16N4O. The zero-order chi connectivity index (χ0) is 15.5. The molecule has 0 bridgehead atoms. The number of nitrogens with zero attached hydrogens (tertiary/aromatic N) is 4. The molecule has 0 N–H and O–H groups in total. The molecule has 3 rings (SSSR count). The summed E-state index contributed by atoms with van der Waals surface area (Å²) in [6.45, 7) is 0. The molecule has 1 heterocycles. The molecule has 1 aromatic heterocycles. The standard InChI is InChI=1S/C17H16N4O/c1-20(2)17(22)21-15(13-9-5-3-6-10-13)18-19-16(21)14-11-7-4-8-12-14/h3-12H,1-2H3. The molecule has 0 radical (unpaired) electrons. The summed E-state index contributed by atoms with van der Waals surface area (Å²) in [5.41, 5.74) is 1.71. The summed E-state index contributed by atoms with van der Waals surface area (Å²) in [6.07, 6.45) is 0. The van der Waals surface area contributed by atoms with Crippen LogP contribution in [0.3, 0.4) is 0 Å². The maximum absolute atomic E-state index is 12.6. The number of aromatic nitrogens is 3. The molecule has 2 aromatic carbocycles. The SMILES string of the molecule is CN(C)C(=O)n1c(-c2ccccc2)nnc1-c1ccccc1. The summed E-state index contributed by atoms with van der Waals surface area (Å²) >= 11 is 0. The van der Waals surface area contributed by atoms with Crippen LogP contribution >= 0.6 is 0 Å². The Morgan fingerprint density at radius 3 is 1.59 bits per heavy atom. The van der Waals surface area contributed by atoms with E-state index >= 15 is 0 Å². The summed E-state index contributed by atoms with van der Waals surface area (Å²) in [6, 6.07) is 19.0. The van der Waals surface area contributed by atoms with Gasteiger partial charge < -0.3 is 4.90 Å². The molecule has 5 nitrogen and oxygen atoms in total. The monoisotopic (exact) mass is 292 g/mol. The van der Waals surface area contributed by atoms with Crippen LogP contribution in [0.15, 0.2) is 60.7 Å². The van der Waals surface area contributed by atoms with E-state index in [9.17, 15) is 4.79 Å². The third-order valence-corrected chi connectivity index (χ3v) is 3.30. The van der Waals surface area contributed by atoms with E-state index in [1.807, 2.05) is 60.7 Å². The Morgan fingerprint density at radius 1 is 0.818 bits per heavy atom. The van der Waals surface area contributed by atoms with Gasteiger partial charge >= 0.3 is 6.03 Å². The Labute approximate surface area is 128 Å². The molecule has 110 valence electrons. The van der Waals surface area contributed by atoms with Crippen LogP contribution in [0.2, 0.25) is 0 Å². The molecule has 5 heteroatoms. The van der Waals surface area contributed by atoms with Gasteiger partial charge in [0.25, 0.3) is 0 Å². The zero-order valence-electron chi connectivity index (χ0n) is 12.5. The van der Waals surface area contributed by atoms with Gasteiger partial charge in [0.05, 0.1) is 0 Å². The first-order valence-electron chi connectivity index (χ1n) is 6.96. The number of amides is 1. The van der Waals surface area contributed by atoms with Crippen molar-refractivity contribution < 1.29 is 4.79 Å². The fraction of sp³-hybridized carbons (Fsp3) is 0.118. The Bertz CT molecular complexity index is 722. The van der Waals surface area contributed by atoms with Crippen LogP contribution in [0.4, 0.5) is 4.79 Å². The molecule has 0 aliphatic heterocycles. The lowest BCUT2D eigenvalue weighted by atomic mass is 10.2. The summed E-state index contributed by atoms with van der Waals surface area (Å²) in [5.74, 6) is 1.08. The molecule has 0 saturated carbocycles. The van der Waals surface area contributed by atoms with Gasteiger partial charge in [-0.3, -0.25) is 0 Å². The first-order chi connectivity index (χ1) is 10.7. The van der Waals surface area contributed by atoms with Gasteiger partial charge in [0.15, 0.2) is 11.6 Å². The summed E-state index contributed by atoms with van der Waals surface area (Å²) in [7, 11) is 3.43. The van der Waals surface area contributed by atoms with Gasteiger partial charge in [-0.1, -0.05) is 60.7 Å². The molecule has 0 unspecified atom stereocenters. The second-order valence-electron chi connectivity index (χ2n) is 5.09. The van der Waals surface area contributed by atoms with E-state index in [1.54, 1.807) is 18.7 Å². The van der Waals surface area contributed by atoms with Crippen LogP contribution in [0, 0.1) is 0 Å². The predicted octanol–water partition coefficient (Wildman–Crippen LogP) is 3.14. The molecule has 0 saturated heterocycles. The predicted molar refractivity (Wildman–Crippen MR) is 85.4 cm³/mol. The van der Waals surface area contributed by atoms with Gasteiger partial charge in [-0.15, -0.1) is 10.2 Å². The highest BCUT2D eigenvalue weighted by Crippen LogP contribution is 2.24. The molecule has 0 spiro atoms. The Hall–Kier alpha value is -2.95. The van der Waals surface area contributed by atoms with Crippen LogP contribution < -0.4 is 0 Å². The second-order valence-corrected chi connectivity index (χ2v) is 5.09. The van der Waals surface area contributed by atoms with Crippen LogP contribution in [-0.2, 0) is 0 Å². The molecule has 0 aliphatic rings. The lowest BCUT2D eigenvalue weighted by molar-refractivity contribution is 0.219. The smallest absolute Gasteiger partial charge is 0.330 e. The van der Waals surface area contributed by atoms with E-state index in [0.29, 0.717) is 11.6 Å². The van der Waals surface area contributed by atoms with Gasteiger partial charge in [0, 0.05) is 25.2 Å². The average Bonchev–Trinajstić information content (AvgIpc) is 3.00. The zero-order valence-corrected chi connectivity index (χ0v) is 12.5. The second kappa shape index (κ2) is 5.81. The topological polar surface area (TPSA) is 51.0 Å². The minimum absolute atomic E-state index is 0.178. The van der Waals surface area contributed by atoms with Crippen molar-refractivity contribution in [1.82, 2.24) is 19.7 Å². The van der Waals surface area contributed by atoms with Crippen molar-refractivity contribution in [3.8, 4) is 22.8 Å². The third-order valence-electron chi connectivity index (χ3n) is 3.30. The first kappa shape index (κ1) is 14.0. The lowest BCUT2D eigenvalue weighted by Crippen LogP contribution is -2.28. The third kappa shape index (κ3) is 2.48. The minimum Gasteiger partial charge on any atom is -0.330 e. The van der Waals surface area contributed by atoms with E-state index in [0.717, 1.165) is 11.1 Å². The van der Waals surface area contributed by atoms with E-state index in [4.69, 9.17) is 0 Å². The van der Waals surface area contributed by atoms with Gasteiger partial charge in [-0.2, -0.15) is 0 Å². The number of carbonyl (C=O) groups is 1. The highest BCUT2D eigenvalue weighted by Gasteiger charge is 2.21. The number of hydrogen-bond donors (Lipinski definition) is 0. The minimum atomic E-state index is -0.178. The molecule has 1 amide bonds. The highest BCUT2D eigenvalue weighted by molar-refractivity contribution is 5.85. The van der Waals surface area contributed by atoms with Crippen molar-refractivity contribution in [3.63, 3.8) is 0 Å². The Kier molecular flexibility index (Phi) is 3.70. The molecule has 0 fully saturated rings. The van der Waals surface area contributed by atoms with Crippen molar-refractivity contribution in [2.75, 3.05) is 14.1 Å². The molecule has 3 aromatic rings. The number of benzene rings is 2. The fourth-order valence-corrected chi connectivity index (χ4v) is 2.21. The summed E-state index contributed by atoms with van der Waals surface area (Å²) in [4.78, 5) is 14.1. The number of hydrogen-bond acceptors (Lipinski definition) is 3. The fourth-order valence-electron chi connectivity index (χ4n) is 2.21. The summed E-state index contributed by atoms with van der Waals surface area (Å²) in [5, 5.41) is 8.46. The number of rotatable bonds is 2. The Balaban J connectivity index is 2.21. The first-order valence-corrected chi connectivity index (χ1v) is 6.96. The van der Waals surface area contributed by atoms with Crippen molar-refractivity contribution in [1.29, 1.82) is 0 Å². The Morgan fingerprint density at radius 2 is 1.23 bits per heavy atom. The van der Waals surface area contributed by atoms with Gasteiger partial charge in [0.2, 0.25) is 0 Å². The van der Waals surface area contributed by atoms with Crippen LogP contribution in [0.25, 0.3) is 22.8 Å². The lowest BCUT2D eigenvalue weighted by Gasteiger charge is -2.14. The van der Waals surface area contributed by atoms with Gasteiger partial charge in [0.1, 0.15) is 0 Å². The maximum Gasteiger partial charge on any atom is 0.331 e. The highest BCUT2D eigenvalue weighted by atomic mass is 16.2. The number of carbonyl (C=O) groups excluding carboxylic acids is 1. The van der Waals surface area contributed by atoms with E-state index in [2.05, 4.69) is 10.2 Å². The van der Waals surface area contributed by atoms with E-state index in [-0.39, 0.29) is 6.03 Å². The van der Waals surface area contributed by atoms with Crippen molar-refractivity contribution in [2.45, 2.75) is 0 Å². The van der Waals surface area contributed by atoms with Crippen LogP contribution in [0.5, 0.6) is 0 Å². The quantitative estimate of drug-likeness (QED) is 0.729. The van der Waals surface area contributed by atoms with Gasteiger partial charge in [-0.25, -0.2) is 9.36 Å². The van der Waals surface area contributed by atoms with Crippen molar-refractivity contribution >= 4 is 6.03 Å². The molecule has 22 heavy (non-hydrogen) atoms. The van der Waals surface area contributed by atoms with Gasteiger partial charge in [-0.05, 0) is 0 Å². The van der Waals surface area contributed by atoms with Crippen molar-refractivity contribution in [3.05, 3.63) is 60.7 Å². The van der Waals surface area contributed by atoms with Crippen LogP contribution in [-0.4, -0.2) is 39.8 Å². The molecule has 0 aliphatic carbocycles.